The molecule has 0 saturated heterocycles. The lowest BCUT2D eigenvalue weighted by Crippen LogP contribution is -2.32. The average molecular weight is 254 g/mol. The lowest BCUT2D eigenvalue weighted by Gasteiger charge is -2.01. The molecule has 0 atom stereocenters. The summed E-state index contributed by atoms with van der Waals surface area (Å²) >= 11 is 0. The Hall–Kier alpha value is -1.63. The van der Waals surface area contributed by atoms with E-state index in [1.54, 1.807) is 0 Å². The molecule has 2 rings (SSSR count). The fourth-order valence-electron chi connectivity index (χ4n) is 2.31. The molecule has 0 radical (unpaired) electrons. The molecule has 0 amide bonds. The Bertz CT molecular complexity index is 459. The van der Waals surface area contributed by atoms with Gasteiger partial charge >= 0.3 is 0 Å². The van der Waals surface area contributed by atoms with Gasteiger partial charge in [0.05, 0.1) is 0 Å². The highest BCUT2D eigenvalue weighted by molar-refractivity contribution is 5.23. The zero-order valence-electron chi connectivity index (χ0n) is 11.9. The molecule has 19 heavy (non-hydrogen) atoms. The van der Waals surface area contributed by atoms with Gasteiger partial charge in [0.25, 0.3) is 0 Å². The van der Waals surface area contributed by atoms with Crippen LogP contribution in [0.25, 0.3) is 0 Å². The van der Waals surface area contributed by atoms with Crippen molar-refractivity contribution in [2.24, 2.45) is 0 Å². The number of unbranched alkanes of at least 4 members (excludes halogenated alkanes) is 3. The summed E-state index contributed by atoms with van der Waals surface area (Å²) in [6.07, 6.45) is 10.7. The predicted molar refractivity (Wildman–Crippen MR) is 80.0 cm³/mol. The molecule has 0 N–H and O–H groups in total. The molecule has 1 heterocycles. The Morgan fingerprint density at radius 3 is 2.16 bits per heavy atom. The minimum absolute atomic E-state index is 1.03. The summed E-state index contributed by atoms with van der Waals surface area (Å²) in [6, 6.07) is 15.1. The van der Waals surface area contributed by atoms with Gasteiger partial charge in [-0.15, -0.1) is 0 Å². The zero-order valence-corrected chi connectivity index (χ0v) is 11.9. The number of benzene rings is 1. The largest absolute Gasteiger partial charge is 0.205 e. The van der Waals surface area contributed by atoms with E-state index in [9.17, 15) is 0 Å². The average Bonchev–Trinajstić information content (AvgIpc) is 2.46. The van der Waals surface area contributed by atoms with Crippen LogP contribution in [0.15, 0.2) is 54.9 Å². The second-order valence-electron chi connectivity index (χ2n) is 5.17. The highest BCUT2D eigenvalue weighted by Gasteiger charge is 2.01. The lowest BCUT2D eigenvalue weighted by atomic mass is 10.1. The second kappa shape index (κ2) is 7.73. The summed E-state index contributed by atoms with van der Waals surface area (Å²) in [7, 11) is 0. The Balaban J connectivity index is 1.84. The van der Waals surface area contributed by atoms with Gasteiger partial charge in [0.1, 0.15) is 6.54 Å². The number of rotatable bonds is 7. The first-order valence-corrected chi connectivity index (χ1v) is 7.40. The molecule has 1 aromatic heterocycles. The van der Waals surface area contributed by atoms with E-state index in [0.29, 0.717) is 0 Å². The molecule has 1 nitrogen and oxygen atoms in total. The topological polar surface area (TPSA) is 3.88 Å². The molecule has 0 fully saturated rings. The van der Waals surface area contributed by atoms with Crippen molar-refractivity contribution >= 4 is 0 Å². The van der Waals surface area contributed by atoms with Crippen LogP contribution < -0.4 is 4.57 Å². The highest BCUT2D eigenvalue weighted by Crippen LogP contribution is 2.07. The number of nitrogens with zero attached hydrogens (tertiary/aromatic N) is 1. The summed E-state index contributed by atoms with van der Waals surface area (Å²) in [5, 5.41) is 0. The van der Waals surface area contributed by atoms with E-state index in [1.165, 1.54) is 36.8 Å². The summed E-state index contributed by atoms with van der Waals surface area (Å²) < 4.78 is 2.30. The van der Waals surface area contributed by atoms with Crippen molar-refractivity contribution in [3.8, 4) is 0 Å². The van der Waals surface area contributed by atoms with Crippen molar-refractivity contribution in [2.75, 3.05) is 0 Å². The van der Waals surface area contributed by atoms with Crippen LogP contribution in [0.5, 0.6) is 0 Å². The molecule has 0 bridgehead atoms. The Labute approximate surface area is 116 Å². The molecule has 1 heteroatoms. The first kappa shape index (κ1) is 13.8. The Morgan fingerprint density at radius 2 is 1.47 bits per heavy atom. The van der Waals surface area contributed by atoms with Crippen molar-refractivity contribution in [3.63, 3.8) is 0 Å². The third-order valence-corrected chi connectivity index (χ3v) is 3.48. The van der Waals surface area contributed by atoms with Crippen molar-refractivity contribution in [1.82, 2.24) is 0 Å². The van der Waals surface area contributed by atoms with Gasteiger partial charge in [-0.1, -0.05) is 50.1 Å². The van der Waals surface area contributed by atoms with Gasteiger partial charge in [-0.25, -0.2) is 4.57 Å². The van der Waals surface area contributed by atoms with E-state index < -0.39 is 0 Å². The predicted octanol–water partition coefficient (Wildman–Crippen LogP) is 4.15. The maximum absolute atomic E-state index is 2.30. The van der Waals surface area contributed by atoms with E-state index in [-0.39, 0.29) is 0 Å². The first-order chi connectivity index (χ1) is 9.38. The molecule has 0 unspecified atom stereocenters. The Kier molecular flexibility index (Phi) is 5.61. The second-order valence-corrected chi connectivity index (χ2v) is 5.17. The number of hydrogen-bond donors (Lipinski definition) is 0. The molecule has 0 aliphatic heterocycles. The van der Waals surface area contributed by atoms with Crippen molar-refractivity contribution < 1.29 is 4.57 Å². The van der Waals surface area contributed by atoms with Crippen LogP contribution in [0.2, 0.25) is 0 Å². The molecular formula is C18H24N+. The Morgan fingerprint density at radius 1 is 0.789 bits per heavy atom. The van der Waals surface area contributed by atoms with Crippen LogP contribution in [-0.2, 0) is 13.0 Å². The van der Waals surface area contributed by atoms with Crippen molar-refractivity contribution in [1.29, 1.82) is 0 Å². The number of aromatic nitrogens is 1. The molecular weight excluding hydrogens is 230 g/mol. The molecule has 0 aliphatic carbocycles. The molecule has 0 saturated carbocycles. The quantitative estimate of drug-likeness (QED) is 0.516. The third kappa shape index (κ3) is 4.86. The lowest BCUT2D eigenvalue weighted by molar-refractivity contribution is -0.697. The van der Waals surface area contributed by atoms with E-state index in [1.807, 2.05) is 0 Å². The number of aryl methyl sites for hydroxylation is 1. The van der Waals surface area contributed by atoms with Crippen molar-refractivity contribution in [2.45, 2.75) is 45.6 Å². The van der Waals surface area contributed by atoms with E-state index in [2.05, 4.69) is 66.3 Å². The number of pyridine rings is 1. The van der Waals surface area contributed by atoms with Crippen LogP contribution in [0, 0.1) is 0 Å². The highest BCUT2D eigenvalue weighted by atomic mass is 14.9. The fraction of sp³-hybridized carbons (Fsp3) is 0.389. The zero-order chi connectivity index (χ0) is 13.3. The van der Waals surface area contributed by atoms with Gasteiger partial charge in [-0.2, -0.15) is 0 Å². The minimum atomic E-state index is 1.03. The molecule has 100 valence electrons. The normalized spacial score (nSPS) is 10.6. The first-order valence-electron chi connectivity index (χ1n) is 7.40. The van der Waals surface area contributed by atoms with Gasteiger partial charge in [-0.3, -0.25) is 0 Å². The molecule has 2 aromatic rings. The van der Waals surface area contributed by atoms with Crippen LogP contribution >= 0.6 is 0 Å². The monoisotopic (exact) mass is 254 g/mol. The van der Waals surface area contributed by atoms with E-state index in [0.717, 1.165) is 13.0 Å². The minimum Gasteiger partial charge on any atom is -0.205 e. The summed E-state index contributed by atoms with van der Waals surface area (Å²) in [4.78, 5) is 0. The summed E-state index contributed by atoms with van der Waals surface area (Å²) in [6.45, 7) is 3.40. The molecule has 0 aliphatic rings. The van der Waals surface area contributed by atoms with Gasteiger partial charge < -0.3 is 0 Å². The summed E-state index contributed by atoms with van der Waals surface area (Å²) in [5.41, 5.74) is 2.76. The van der Waals surface area contributed by atoms with Crippen LogP contribution in [0.1, 0.15) is 43.7 Å². The van der Waals surface area contributed by atoms with Gasteiger partial charge in [-0.05, 0) is 24.0 Å². The summed E-state index contributed by atoms with van der Waals surface area (Å²) in [5.74, 6) is 0. The molecule has 0 spiro atoms. The maximum Gasteiger partial charge on any atom is 0.169 e. The van der Waals surface area contributed by atoms with Gasteiger partial charge in [0.15, 0.2) is 12.4 Å². The molecule has 1 aromatic carbocycles. The maximum atomic E-state index is 2.30. The van der Waals surface area contributed by atoms with Crippen LogP contribution in [0.3, 0.4) is 0 Å². The fourth-order valence-corrected chi connectivity index (χ4v) is 2.31. The van der Waals surface area contributed by atoms with Crippen LogP contribution in [-0.4, -0.2) is 0 Å². The van der Waals surface area contributed by atoms with Gasteiger partial charge in [0.2, 0.25) is 0 Å². The third-order valence-electron chi connectivity index (χ3n) is 3.48. The van der Waals surface area contributed by atoms with Gasteiger partial charge in [0, 0.05) is 18.6 Å². The van der Waals surface area contributed by atoms with E-state index >= 15 is 0 Å². The van der Waals surface area contributed by atoms with Crippen LogP contribution in [0.4, 0.5) is 0 Å². The van der Waals surface area contributed by atoms with E-state index in [4.69, 9.17) is 0 Å². The smallest absolute Gasteiger partial charge is 0.169 e. The SMILES string of the molecule is CCCCCC[n+]1ccc(Cc2ccccc2)cc1. The standard InChI is InChI=1S/C18H24N/c1-2-3-4-8-13-19-14-11-18(12-15-19)16-17-9-6-5-7-10-17/h5-7,9-12,14-15H,2-4,8,13,16H2,1H3/q+1. The van der Waals surface area contributed by atoms with Crippen molar-refractivity contribution in [3.05, 3.63) is 66.0 Å². The number of hydrogen-bond acceptors (Lipinski definition) is 0.